The van der Waals surface area contributed by atoms with Crippen molar-refractivity contribution < 1.29 is 23.8 Å². The molecule has 6 nitrogen and oxygen atoms in total. The van der Waals surface area contributed by atoms with E-state index in [4.69, 9.17) is 14.2 Å². The Morgan fingerprint density at radius 1 is 1.11 bits per heavy atom. The largest absolute Gasteiger partial charge is 0.493 e. The zero-order valence-corrected chi connectivity index (χ0v) is 16.6. The van der Waals surface area contributed by atoms with Crippen LogP contribution in [0.4, 0.5) is 0 Å². The van der Waals surface area contributed by atoms with Crippen LogP contribution < -0.4 is 4.74 Å². The highest BCUT2D eigenvalue weighted by Crippen LogP contribution is 2.42. The van der Waals surface area contributed by atoms with E-state index in [0.29, 0.717) is 41.5 Å². The van der Waals surface area contributed by atoms with Crippen molar-refractivity contribution in [3.05, 3.63) is 29.5 Å². The molecule has 0 unspecified atom stereocenters. The normalized spacial score (nSPS) is 14.3. The Kier molecular flexibility index (Phi) is 5.18. The third kappa shape index (κ3) is 4.10. The Bertz CT molecular complexity index is 871. The molecule has 1 aliphatic carbocycles. The standard InChI is InChI=1S/C21H27NO5/c1-6-25-17-11-13(19(23)26-7-2)10-16-18(17)15(12-22(16)14-8-9-14)20(24)27-21(3,4)5/h10-12,14H,6-9H2,1-5H3. The molecule has 6 heteroatoms. The maximum atomic E-state index is 12.8. The molecule has 1 heterocycles. The smallest absolute Gasteiger partial charge is 0.340 e. The molecule has 146 valence electrons. The highest BCUT2D eigenvalue weighted by Gasteiger charge is 2.31. The lowest BCUT2D eigenvalue weighted by Crippen LogP contribution is -2.23. The number of ether oxygens (including phenoxy) is 3. The molecule has 0 amide bonds. The van der Waals surface area contributed by atoms with Gasteiger partial charge in [0, 0.05) is 12.2 Å². The first-order valence-corrected chi connectivity index (χ1v) is 9.47. The molecule has 0 saturated heterocycles. The van der Waals surface area contributed by atoms with Gasteiger partial charge in [-0.1, -0.05) is 0 Å². The van der Waals surface area contributed by atoms with Crippen LogP contribution in [0.15, 0.2) is 18.3 Å². The number of hydrogen-bond acceptors (Lipinski definition) is 5. The van der Waals surface area contributed by atoms with Crippen molar-refractivity contribution >= 4 is 22.8 Å². The molecule has 1 aliphatic rings. The van der Waals surface area contributed by atoms with Gasteiger partial charge in [0.2, 0.25) is 0 Å². The predicted molar refractivity (Wildman–Crippen MR) is 103 cm³/mol. The first-order valence-electron chi connectivity index (χ1n) is 9.47. The van der Waals surface area contributed by atoms with Gasteiger partial charge in [0.05, 0.1) is 35.2 Å². The van der Waals surface area contributed by atoms with E-state index in [1.165, 1.54) is 0 Å². The zero-order valence-electron chi connectivity index (χ0n) is 16.6. The van der Waals surface area contributed by atoms with Gasteiger partial charge in [-0.05, 0) is 59.6 Å². The number of aromatic nitrogens is 1. The highest BCUT2D eigenvalue weighted by atomic mass is 16.6. The van der Waals surface area contributed by atoms with E-state index in [1.54, 1.807) is 19.1 Å². The minimum absolute atomic E-state index is 0.299. The Morgan fingerprint density at radius 2 is 1.81 bits per heavy atom. The van der Waals surface area contributed by atoms with E-state index in [2.05, 4.69) is 4.57 Å². The molecule has 1 aromatic heterocycles. The van der Waals surface area contributed by atoms with Gasteiger partial charge in [0.1, 0.15) is 11.4 Å². The molecule has 1 saturated carbocycles. The lowest BCUT2D eigenvalue weighted by molar-refractivity contribution is 0.00711. The second-order valence-corrected chi connectivity index (χ2v) is 7.71. The number of nitrogens with zero attached hydrogens (tertiary/aromatic N) is 1. The second-order valence-electron chi connectivity index (χ2n) is 7.71. The first-order chi connectivity index (χ1) is 12.7. The van der Waals surface area contributed by atoms with E-state index in [9.17, 15) is 9.59 Å². The summed E-state index contributed by atoms with van der Waals surface area (Å²) in [6.07, 6.45) is 3.92. The molecule has 0 spiro atoms. The van der Waals surface area contributed by atoms with Crippen LogP contribution in [-0.4, -0.2) is 35.3 Å². The molecular formula is C21H27NO5. The fourth-order valence-corrected chi connectivity index (χ4v) is 3.09. The van der Waals surface area contributed by atoms with Crippen LogP contribution in [0.25, 0.3) is 10.9 Å². The topological polar surface area (TPSA) is 66.8 Å². The van der Waals surface area contributed by atoms with Gasteiger partial charge in [-0.3, -0.25) is 0 Å². The van der Waals surface area contributed by atoms with Gasteiger partial charge in [-0.15, -0.1) is 0 Å². The average molecular weight is 373 g/mol. The number of carbonyl (C=O) groups is 2. The van der Waals surface area contributed by atoms with Crippen molar-refractivity contribution in [3.63, 3.8) is 0 Å². The molecule has 1 fully saturated rings. The summed E-state index contributed by atoms with van der Waals surface area (Å²) in [6.45, 7) is 9.88. The van der Waals surface area contributed by atoms with Crippen molar-refractivity contribution in [2.45, 2.75) is 59.1 Å². The van der Waals surface area contributed by atoms with Crippen molar-refractivity contribution in [1.29, 1.82) is 0 Å². The number of fused-ring (bicyclic) bond motifs is 1. The Morgan fingerprint density at radius 3 is 2.37 bits per heavy atom. The molecule has 0 aliphatic heterocycles. The lowest BCUT2D eigenvalue weighted by Gasteiger charge is -2.19. The summed E-state index contributed by atoms with van der Waals surface area (Å²) in [5.74, 6) is -0.294. The minimum Gasteiger partial charge on any atom is -0.493 e. The van der Waals surface area contributed by atoms with E-state index < -0.39 is 17.5 Å². The fourth-order valence-electron chi connectivity index (χ4n) is 3.09. The first kappa shape index (κ1) is 19.3. The molecular weight excluding hydrogens is 346 g/mol. The average Bonchev–Trinajstić information content (AvgIpc) is 3.34. The van der Waals surface area contributed by atoms with E-state index >= 15 is 0 Å². The third-order valence-corrected chi connectivity index (χ3v) is 4.27. The molecule has 0 radical (unpaired) electrons. The SMILES string of the molecule is CCOC(=O)c1cc(OCC)c2c(C(=O)OC(C)(C)C)cn(C3CC3)c2c1. The van der Waals surface area contributed by atoms with Crippen LogP contribution in [0.1, 0.15) is 74.2 Å². The maximum Gasteiger partial charge on any atom is 0.340 e. The number of hydrogen-bond donors (Lipinski definition) is 0. The van der Waals surface area contributed by atoms with Crippen molar-refractivity contribution in [3.8, 4) is 5.75 Å². The number of benzene rings is 1. The van der Waals surface area contributed by atoms with Gasteiger partial charge >= 0.3 is 11.9 Å². The number of carbonyl (C=O) groups excluding carboxylic acids is 2. The van der Waals surface area contributed by atoms with Gasteiger partial charge in [-0.2, -0.15) is 0 Å². The Hall–Kier alpha value is -2.50. The second kappa shape index (κ2) is 7.25. The number of rotatable bonds is 6. The Balaban J connectivity index is 2.19. The summed E-state index contributed by atoms with van der Waals surface area (Å²) in [6, 6.07) is 3.76. The summed E-state index contributed by atoms with van der Waals surface area (Å²) >= 11 is 0. The third-order valence-electron chi connectivity index (χ3n) is 4.27. The van der Waals surface area contributed by atoms with Crippen molar-refractivity contribution in [2.75, 3.05) is 13.2 Å². The molecule has 0 bridgehead atoms. The van der Waals surface area contributed by atoms with E-state index in [-0.39, 0.29) is 0 Å². The van der Waals surface area contributed by atoms with Gasteiger partial charge < -0.3 is 18.8 Å². The lowest BCUT2D eigenvalue weighted by atomic mass is 10.1. The monoisotopic (exact) mass is 373 g/mol. The van der Waals surface area contributed by atoms with Crippen molar-refractivity contribution in [1.82, 2.24) is 4.57 Å². The predicted octanol–water partition coefficient (Wildman–Crippen LogP) is 4.51. The molecule has 3 rings (SSSR count). The fraction of sp³-hybridized carbons (Fsp3) is 0.524. The number of esters is 2. The molecule has 0 atom stereocenters. The van der Waals surface area contributed by atoms with Crippen LogP contribution in [-0.2, 0) is 9.47 Å². The van der Waals surface area contributed by atoms with Crippen LogP contribution in [0.2, 0.25) is 0 Å². The van der Waals surface area contributed by atoms with Crippen molar-refractivity contribution in [2.24, 2.45) is 0 Å². The Labute approximate surface area is 159 Å². The summed E-state index contributed by atoms with van der Waals surface area (Å²) in [5, 5.41) is 0.686. The maximum absolute atomic E-state index is 12.8. The van der Waals surface area contributed by atoms with Gasteiger partial charge in [0.15, 0.2) is 0 Å². The quantitative estimate of drug-likeness (QED) is 0.697. The van der Waals surface area contributed by atoms with E-state index in [1.807, 2.05) is 33.9 Å². The highest BCUT2D eigenvalue weighted by molar-refractivity contribution is 6.09. The molecule has 1 aromatic carbocycles. The zero-order chi connectivity index (χ0) is 19.8. The van der Waals surface area contributed by atoms with Crippen LogP contribution in [0.5, 0.6) is 5.75 Å². The van der Waals surface area contributed by atoms with E-state index in [0.717, 1.165) is 18.4 Å². The van der Waals surface area contributed by atoms with Crippen LogP contribution >= 0.6 is 0 Å². The molecule has 0 N–H and O–H groups in total. The minimum atomic E-state index is -0.595. The summed E-state index contributed by atoms with van der Waals surface area (Å²) in [7, 11) is 0. The summed E-state index contributed by atoms with van der Waals surface area (Å²) in [4.78, 5) is 25.1. The van der Waals surface area contributed by atoms with Gasteiger partial charge in [-0.25, -0.2) is 9.59 Å². The summed E-state index contributed by atoms with van der Waals surface area (Å²) < 4.78 is 18.6. The molecule has 27 heavy (non-hydrogen) atoms. The van der Waals surface area contributed by atoms with Crippen LogP contribution in [0, 0.1) is 0 Å². The van der Waals surface area contributed by atoms with Crippen LogP contribution in [0.3, 0.4) is 0 Å². The summed E-state index contributed by atoms with van der Waals surface area (Å²) in [5.41, 5.74) is 1.09. The van der Waals surface area contributed by atoms with Gasteiger partial charge in [0.25, 0.3) is 0 Å². The molecule has 2 aromatic rings.